The van der Waals surface area contributed by atoms with E-state index >= 15 is 0 Å². The Morgan fingerprint density at radius 1 is 0.554 bits per heavy atom. The number of carboxylic acids is 2. The first-order valence-corrected chi connectivity index (χ1v) is 21.2. The molecule has 7 rings (SSSR count). The molecule has 0 unspecified atom stereocenters. The average Bonchev–Trinajstić information content (AvgIpc) is 3.90. The quantitative estimate of drug-likeness (QED) is 0.0953. The van der Waals surface area contributed by atoms with Gasteiger partial charge in [-0.2, -0.15) is 0 Å². The molecule has 2 aliphatic rings. The second-order valence-corrected chi connectivity index (χ2v) is 18.2. The predicted octanol–water partition coefficient (Wildman–Crippen LogP) is 9.69. The van der Waals surface area contributed by atoms with Crippen molar-refractivity contribution in [3.63, 3.8) is 0 Å². The normalized spacial score (nSPS) is 12.7. The van der Waals surface area contributed by atoms with Crippen LogP contribution in [-0.4, -0.2) is 43.4 Å². The molecule has 1 heterocycles. The summed E-state index contributed by atoms with van der Waals surface area (Å²) >= 11 is 0. The number of hydrogen-bond acceptors (Lipinski definition) is 4. The summed E-state index contributed by atoms with van der Waals surface area (Å²) in [5.41, 5.74) is 8.68. The van der Waals surface area contributed by atoms with Crippen molar-refractivity contribution in [2.24, 2.45) is 0 Å². The minimum absolute atomic E-state index is 0. The molecule has 1 aromatic heterocycles. The number of nitrogens with one attached hydrogen (secondary N) is 1. The molecular weight excluding hydrogens is 865 g/mol. The van der Waals surface area contributed by atoms with E-state index in [0.29, 0.717) is 5.82 Å². The van der Waals surface area contributed by atoms with E-state index in [0.717, 1.165) is 25.2 Å². The molecule has 56 heavy (non-hydrogen) atoms. The molecule has 0 spiro atoms. The average molecular weight is 926 g/mol. The number of rotatable bonds is 7. The summed E-state index contributed by atoms with van der Waals surface area (Å²) < 4.78 is 0. The van der Waals surface area contributed by atoms with E-state index in [1.165, 1.54) is 51.4 Å². The summed E-state index contributed by atoms with van der Waals surface area (Å²) in [6.45, 7) is 2.33. The smallest absolute Gasteiger partial charge is 0.671 e. The summed E-state index contributed by atoms with van der Waals surface area (Å²) in [7, 11) is -1.15. The maximum atomic E-state index is 9.00. The Morgan fingerprint density at radius 3 is 0.982 bits per heavy atom. The molecule has 0 bridgehead atoms. The molecule has 4 aromatic carbocycles. The maximum absolute atomic E-state index is 9.00. The van der Waals surface area contributed by atoms with Gasteiger partial charge < -0.3 is 30.8 Å². The van der Waals surface area contributed by atoms with Gasteiger partial charge in [0.05, 0.1) is 48.4 Å². The molecule has 1 radical (unpaired) electrons. The monoisotopic (exact) mass is 926 g/mol. The number of carbonyl (C=O) groups is 2. The minimum Gasteiger partial charge on any atom is -0.671 e. The fourth-order valence-corrected chi connectivity index (χ4v) is 13.3. The van der Waals surface area contributed by atoms with Gasteiger partial charge in [0.1, 0.15) is 5.82 Å². The van der Waals surface area contributed by atoms with Gasteiger partial charge in [0.15, 0.2) is 0 Å². The third kappa shape index (κ3) is 21.4. The van der Waals surface area contributed by atoms with Crippen LogP contribution >= 0.6 is 15.8 Å². The van der Waals surface area contributed by atoms with Crippen molar-refractivity contribution in [1.82, 2.24) is 9.97 Å². The number of benzene rings is 4. The first-order chi connectivity index (χ1) is 25.3. The van der Waals surface area contributed by atoms with Crippen molar-refractivity contribution in [1.29, 1.82) is 0 Å². The van der Waals surface area contributed by atoms with E-state index in [-0.39, 0.29) is 57.9 Å². The van der Waals surface area contributed by atoms with Crippen molar-refractivity contribution in [3.05, 3.63) is 166 Å². The van der Waals surface area contributed by atoms with Gasteiger partial charge in [0.2, 0.25) is 0 Å². The van der Waals surface area contributed by atoms with Gasteiger partial charge in [0, 0.05) is 26.2 Å². The van der Waals surface area contributed by atoms with Crippen LogP contribution in [0, 0.1) is 14.9 Å². The third-order valence-corrected chi connectivity index (χ3v) is 15.3. The fraction of sp³-hybridized carbons (Fsp3) is 0.289. The van der Waals surface area contributed by atoms with E-state index in [9.17, 15) is 0 Å². The molecule has 0 saturated heterocycles. The van der Waals surface area contributed by atoms with Gasteiger partial charge in [0.25, 0.3) is 11.9 Å². The fourth-order valence-electron chi connectivity index (χ4n) is 6.60. The summed E-state index contributed by atoms with van der Waals surface area (Å²) in [4.78, 5) is 25.6. The summed E-state index contributed by atoms with van der Waals surface area (Å²) in [6.07, 6.45) is 14.7. The number of hydrogen-bond donors (Lipinski definition) is 2. The Kier molecular flexibility index (Phi) is 32.3. The third-order valence-electron chi connectivity index (χ3n) is 8.64. The van der Waals surface area contributed by atoms with Crippen molar-refractivity contribution >= 4 is 49.0 Å². The SMILES string of the molecule is CC(=O)O.CC(=O)O.[CH3-].[CH3-].[Fe+2].[NH-]Cc1ncccn1.[Ru+].c1ccc([PH+](c2ccccc2)C2CCCC2)cc1.c1ccc([PH+](c2ccccc2)C2CCCC2)cc1. The van der Waals surface area contributed by atoms with Crippen molar-refractivity contribution in [2.45, 2.75) is 83.1 Å². The van der Waals surface area contributed by atoms with Gasteiger partial charge >= 0.3 is 36.5 Å². The second-order valence-electron chi connectivity index (χ2n) is 12.6. The minimum atomic E-state index is -0.833. The summed E-state index contributed by atoms with van der Waals surface area (Å²) in [5.74, 6) is -1.09. The van der Waals surface area contributed by atoms with Crippen LogP contribution in [-0.2, 0) is 52.7 Å². The first kappa shape index (κ1) is 55.0. The molecule has 0 aliphatic heterocycles. The van der Waals surface area contributed by atoms with E-state index in [1.54, 1.807) is 39.7 Å². The van der Waals surface area contributed by atoms with Gasteiger partial charge in [-0.1, -0.05) is 79.3 Å². The molecule has 0 amide bonds. The van der Waals surface area contributed by atoms with Gasteiger partial charge in [-0.05, 0) is 106 Å². The van der Waals surface area contributed by atoms with Gasteiger partial charge in [-0.3, -0.25) is 9.59 Å². The van der Waals surface area contributed by atoms with Crippen molar-refractivity contribution in [2.75, 3.05) is 0 Å². The van der Waals surface area contributed by atoms with E-state index in [1.807, 2.05) is 0 Å². The summed E-state index contributed by atoms with van der Waals surface area (Å²) in [5, 5.41) is 21.2. The number of carboxylic acid groups (broad SMARTS) is 2. The first-order valence-electron chi connectivity index (χ1n) is 18.0. The molecule has 3 N–H and O–H groups in total. The van der Waals surface area contributed by atoms with Crippen LogP contribution in [0.25, 0.3) is 5.73 Å². The van der Waals surface area contributed by atoms with E-state index in [2.05, 4.69) is 131 Å². The number of nitrogens with zero attached hydrogens (tertiary/aromatic N) is 2. The van der Waals surface area contributed by atoms with Gasteiger partial charge in [-0.15, -0.1) is 0 Å². The van der Waals surface area contributed by atoms with Crippen LogP contribution in [0.1, 0.15) is 71.0 Å². The zero-order valence-corrected chi connectivity index (χ0v) is 38.0. The Morgan fingerprint density at radius 2 is 0.786 bits per heavy atom. The maximum Gasteiger partial charge on any atom is 2.00 e. The molecule has 2 fully saturated rings. The molecule has 0 atom stereocenters. The largest absolute Gasteiger partial charge is 2.00 e. The van der Waals surface area contributed by atoms with Gasteiger partial charge in [-0.25, -0.2) is 9.97 Å². The molecule has 11 heteroatoms. The number of aliphatic carboxylic acids is 2. The van der Waals surface area contributed by atoms with Crippen LogP contribution in [0.15, 0.2) is 140 Å². The predicted molar refractivity (Wildman–Crippen MR) is 235 cm³/mol. The zero-order chi connectivity index (χ0) is 37.4. The van der Waals surface area contributed by atoms with Crippen LogP contribution in [0.3, 0.4) is 0 Å². The number of aromatic nitrogens is 2. The Labute approximate surface area is 362 Å². The standard InChI is InChI=1S/2C17H19P.C5H6N3.2C2H4O2.2CH3.Fe.Ru/c2*1-3-9-15(10-4-1)18(17-13-7-8-14-17)16-11-5-2-6-12-16;6-4-5-7-2-1-3-8-5;2*1-2(3)4;;;;/h2*1-6,9-12,17H,7-8,13-14H2;1-3,6H,4H2;2*1H3,(H,3,4);2*1H3;;/q;;-1;;;2*-1;+2;+1/p+2. The Balaban J connectivity index is 0. The molecule has 5 aromatic rings. The van der Waals surface area contributed by atoms with E-state index in [4.69, 9.17) is 25.5 Å². The molecule has 2 aliphatic carbocycles. The molecular formula is C45H60FeN3O4P2Ru+2. The van der Waals surface area contributed by atoms with Crippen molar-refractivity contribution < 1.29 is 56.3 Å². The van der Waals surface area contributed by atoms with Crippen LogP contribution in [0.2, 0.25) is 0 Å². The molecule has 7 nitrogen and oxygen atoms in total. The molecule has 303 valence electrons. The topological polar surface area (TPSA) is 124 Å². The second kappa shape index (κ2) is 32.9. The Hall–Kier alpha value is -3.14. The van der Waals surface area contributed by atoms with Crippen molar-refractivity contribution in [3.8, 4) is 0 Å². The zero-order valence-electron chi connectivity index (χ0n) is 33.1. The van der Waals surface area contributed by atoms with Crippen LogP contribution < -0.4 is 21.2 Å². The van der Waals surface area contributed by atoms with Crippen LogP contribution in [0.5, 0.6) is 0 Å². The summed E-state index contributed by atoms with van der Waals surface area (Å²) in [6, 6.07) is 46.4. The molecule has 2 saturated carbocycles. The van der Waals surface area contributed by atoms with Crippen LogP contribution in [0.4, 0.5) is 0 Å². The Bertz CT molecular complexity index is 1480. The van der Waals surface area contributed by atoms with E-state index < -0.39 is 27.8 Å².